The highest BCUT2D eigenvalue weighted by Crippen LogP contribution is 2.27. The van der Waals surface area contributed by atoms with E-state index in [1.807, 2.05) is 31.2 Å². The molecular formula is C15H13NO4. The van der Waals surface area contributed by atoms with Crippen LogP contribution in [0.5, 0.6) is 0 Å². The van der Waals surface area contributed by atoms with Crippen LogP contribution >= 0.6 is 0 Å². The number of methoxy groups -OCH3 is 1. The lowest BCUT2D eigenvalue weighted by Gasteiger charge is -2.06. The van der Waals surface area contributed by atoms with Gasteiger partial charge in [0.15, 0.2) is 0 Å². The molecule has 0 atom stereocenters. The first-order valence-electron chi connectivity index (χ1n) is 5.96. The van der Waals surface area contributed by atoms with Crippen molar-refractivity contribution in [2.24, 2.45) is 0 Å². The minimum absolute atomic E-state index is 0.135. The van der Waals surface area contributed by atoms with Gasteiger partial charge in [0, 0.05) is 12.1 Å². The van der Waals surface area contributed by atoms with Crippen LogP contribution in [0.3, 0.4) is 0 Å². The number of nitrogens with zero attached hydrogens (tertiary/aromatic N) is 1. The molecular weight excluding hydrogens is 258 g/mol. The van der Waals surface area contributed by atoms with E-state index in [4.69, 9.17) is 0 Å². The molecule has 0 spiro atoms. The maximum Gasteiger partial charge on any atom is 0.338 e. The lowest BCUT2D eigenvalue weighted by atomic mass is 10.0. The van der Waals surface area contributed by atoms with Crippen LogP contribution in [0.2, 0.25) is 0 Å². The molecule has 2 aromatic rings. The Morgan fingerprint density at radius 3 is 2.50 bits per heavy atom. The van der Waals surface area contributed by atoms with Gasteiger partial charge in [0.05, 0.1) is 17.6 Å². The first-order chi connectivity index (χ1) is 9.51. The van der Waals surface area contributed by atoms with Gasteiger partial charge in [0.1, 0.15) is 0 Å². The van der Waals surface area contributed by atoms with Gasteiger partial charge in [-0.3, -0.25) is 10.1 Å². The molecule has 0 saturated heterocycles. The predicted molar refractivity (Wildman–Crippen MR) is 74.6 cm³/mol. The number of aryl methyl sites for hydroxylation is 1. The topological polar surface area (TPSA) is 69.4 Å². The number of esters is 1. The maximum atomic E-state index is 11.6. The van der Waals surface area contributed by atoms with Gasteiger partial charge in [-0.25, -0.2) is 4.79 Å². The maximum absolute atomic E-state index is 11.6. The number of non-ortho nitro benzene ring substituents is 1. The number of hydrogen-bond donors (Lipinski definition) is 0. The van der Waals surface area contributed by atoms with Crippen LogP contribution in [0, 0.1) is 17.0 Å². The van der Waals surface area contributed by atoms with Gasteiger partial charge in [-0.1, -0.05) is 29.8 Å². The molecule has 0 N–H and O–H groups in total. The molecule has 0 aliphatic rings. The lowest BCUT2D eigenvalue weighted by molar-refractivity contribution is -0.384. The number of carbonyl (C=O) groups excluding carboxylic acids is 1. The van der Waals surface area contributed by atoms with Crippen molar-refractivity contribution in [2.45, 2.75) is 6.92 Å². The van der Waals surface area contributed by atoms with Crippen LogP contribution in [-0.4, -0.2) is 18.0 Å². The van der Waals surface area contributed by atoms with Crippen molar-refractivity contribution in [3.05, 3.63) is 63.7 Å². The number of ether oxygens (including phenoxy) is 1. The lowest BCUT2D eigenvalue weighted by Crippen LogP contribution is -2.02. The minimum Gasteiger partial charge on any atom is -0.465 e. The van der Waals surface area contributed by atoms with Crippen molar-refractivity contribution >= 4 is 11.7 Å². The Labute approximate surface area is 116 Å². The first-order valence-corrected chi connectivity index (χ1v) is 5.96. The number of nitro benzene ring substituents is 1. The number of nitro groups is 1. The van der Waals surface area contributed by atoms with E-state index in [0.717, 1.165) is 11.1 Å². The molecule has 2 rings (SSSR count). The van der Waals surface area contributed by atoms with Gasteiger partial charge >= 0.3 is 5.97 Å². The summed E-state index contributed by atoms with van der Waals surface area (Å²) in [6, 6.07) is 11.8. The molecule has 0 unspecified atom stereocenters. The Morgan fingerprint density at radius 2 is 1.90 bits per heavy atom. The van der Waals surface area contributed by atoms with E-state index in [0.29, 0.717) is 5.56 Å². The molecule has 0 radical (unpaired) electrons. The Morgan fingerprint density at radius 1 is 1.15 bits per heavy atom. The summed E-state index contributed by atoms with van der Waals surface area (Å²) in [6.45, 7) is 1.93. The molecule has 102 valence electrons. The predicted octanol–water partition coefficient (Wildman–Crippen LogP) is 3.36. The highest BCUT2D eigenvalue weighted by Gasteiger charge is 2.15. The Bertz CT molecular complexity index is 679. The normalized spacial score (nSPS) is 10.1. The van der Waals surface area contributed by atoms with Crippen molar-refractivity contribution in [1.82, 2.24) is 0 Å². The summed E-state index contributed by atoms with van der Waals surface area (Å²) >= 11 is 0. The molecule has 0 amide bonds. The summed E-state index contributed by atoms with van der Waals surface area (Å²) < 4.78 is 4.62. The SMILES string of the molecule is COC(=O)c1cc(-c2cccc(C)c2)cc([N+](=O)[O-])c1. The summed E-state index contributed by atoms with van der Waals surface area (Å²) in [6.07, 6.45) is 0. The molecule has 0 saturated carbocycles. The van der Waals surface area contributed by atoms with Gasteiger partial charge in [-0.05, 0) is 24.1 Å². The Kier molecular flexibility index (Phi) is 3.79. The second kappa shape index (κ2) is 5.52. The van der Waals surface area contributed by atoms with E-state index >= 15 is 0 Å². The number of hydrogen-bond acceptors (Lipinski definition) is 4. The van der Waals surface area contributed by atoms with Gasteiger partial charge in [-0.15, -0.1) is 0 Å². The fraction of sp³-hybridized carbons (Fsp3) is 0.133. The van der Waals surface area contributed by atoms with E-state index < -0.39 is 10.9 Å². The summed E-state index contributed by atoms with van der Waals surface area (Å²) in [5.74, 6) is -0.595. The fourth-order valence-corrected chi connectivity index (χ4v) is 1.94. The second-order valence-electron chi connectivity index (χ2n) is 4.39. The molecule has 0 aliphatic heterocycles. The van der Waals surface area contributed by atoms with Crippen LogP contribution in [0.1, 0.15) is 15.9 Å². The standard InChI is InChI=1S/C15H13NO4/c1-10-4-3-5-11(6-10)12-7-13(15(17)20-2)9-14(8-12)16(18)19/h3-9H,1-2H3. The first kappa shape index (κ1) is 13.7. The van der Waals surface area contributed by atoms with Crippen molar-refractivity contribution in [3.63, 3.8) is 0 Å². The zero-order valence-corrected chi connectivity index (χ0v) is 11.1. The Balaban J connectivity index is 2.60. The van der Waals surface area contributed by atoms with Crippen molar-refractivity contribution in [2.75, 3.05) is 7.11 Å². The third-order valence-corrected chi connectivity index (χ3v) is 2.90. The Hall–Kier alpha value is -2.69. The van der Waals surface area contributed by atoms with Crippen LogP contribution in [0.4, 0.5) is 5.69 Å². The molecule has 0 fully saturated rings. The van der Waals surface area contributed by atoms with Gasteiger partial charge in [0.25, 0.3) is 5.69 Å². The van der Waals surface area contributed by atoms with Crippen molar-refractivity contribution in [1.29, 1.82) is 0 Å². The zero-order valence-electron chi connectivity index (χ0n) is 11.1. The van der Waals surface area contributed by atoms with Crippen LogP contribution in [-0.2, 0) is 4.74 Å². The van der Waals surface area contributed by atoms with Crippen LogP contribution in [0.25, 0.3) is 11.1 Å². The van der Waals surface area contributed by atoms with Crippen LogP contribution in [0.15, 0.2) is 42.5 Å². The smallest absolute Gasteiger partial charge is 0.338 e. The largest absolute Gasteiger partial charge is 0.465 e. The second-order valence-corrected chi connectivity index (χ2v) is 4.39. The third-order valence-electron chi connectivity index (χ3n) is 2.90. The fourth-order valence-electron chi connectivity index (χ4n) is 1.94. The molecule has 5 nitrogen and oxygen atoms in total. The monoisotopic (exact) mass is 271 g/mol. The summed E-state index contributed by atoms with van der Waals surface area (Å²) in [7, 11) is 1.24. The zero-order chi connectivity index (χ0) is 14.7. The molecule has 0 aromatic heterocycles. The minimum atomic E-state index is -0.595. The van der Waals surface area contributed by atoms with Crippen molar-refractivity contribution < 1.29 is 14.5 Å². The third kappa shape index (κ3) is 2.83. The molecule has 5 heteroatoms. The average molecular weight is 271 g/mol. The van der Waals surface area contributed by atoms with Gasteiger partial charge in [0.2, 0.25) is 0 Å². The van der Waals surface area contributed by atoms with Crippen molar-refractivity contribution in [3.8, 4) is 11.1 Å². The van der Waals surface area contributed by atoms with E-state index in [1.54, 1.807) is 6.07 Å². The van der Waals surface area contributed by atoms with E-state index in [-0.39, 0.29) is 11.3 Å². The highest BCUT2D eigenvalue weighted by molar-refractivity contribution is 5.92. The molecule has 0 aliphatic carbocycles. The van der Waals surface area contributed by atoms with Gasteiger partial charge < -0.3 is 4.74 Å². The van der Waals surface area contributed by atoms with Crippen LogP contribution < -0.4 is 0 Å². The number of rotatable bonds is 3. The molecule has 20 heavy (non-hydrogen) atoms. The quantitative estimate of drug-likeness (QED) is 0.487. The molecule has 0 heterocycles. The van der Waals surface area contributed by atoms with E-state index in [1.165, 1.54) is 19.2 Å². The van der Waals surface area contributed by atoms with Gasteiger partial charge in [-0.2, -0.15) is 0 Å². The van der Waals surface area contributed by atoms with E-state index in [9.17, 15) is 14.9 Å². The highest BCUT2D eigenvalue weighted by atomic mass is 16.6. The number of benzene rings is 2. The average Bonchev–Trinajstić information content (AvgIpc) is 2.45. The molecule has 0 bridgehead atoms. The summed E-state index contributed by atoms with van der Waals surface area (Å²) in [4.78, 5) is 22.0. The summed E-state index contributed by atoms with van der Waals surface area (Å²) in [5.41, 5.74) is 2.50. The molecule has 2 aromatic carbocycles. The summed E-state index contributed by atoms with van der Waals surface area (Å²) in [5, 5.41) is 11.0. The van der Waals surface area contributed by atoms with E-state index in [2.05, 4.69) is 4.74 Å². The number of carbonyl (C=O) groups is 1.